The van der Waals surface area contributed by atoms with E-state index in [1.54, 1.807) is 83.1 Å². The number of hydrogen-bond acceptors (Lipinski definition) is 25. The van der Waals surface area contributed by atoms with Gasteiger partial charge in [0.15, 0.2) is 0 Å². The number of nitrogens with one attached hydrogen (secondary N) is 5. The SMILES string of the molecule is COc1cc(NC(=O)COCCOCCNC(=O)C[C@H](NC(=O)CCC(C(=O)OC(C)(C)C)N2CCN(CC(=O)OC(C)(C)C)CCN(CC(=O)OC(C)(C)C)CCN(CC(=O)OC(C)(C)C)CC2)C(=O)NCCOCCOCC(=O)Nc2cc(OC)c([Si](F)(C(C)(C)C)C(C)(C)C)cn2)ncc1[Si](F)(C(C)(C)C)C(C)(C)C. The molecule has 0 radical (unpaired) electrons. The first-order chi connectivity index (χ1) is 51.9. The molecule has 0 aromatic carbocycles. The van der Waals surface area contributed by atoms with Gasteiger partial charge in [0.25, 0.3) is 28.6 Å². The lowest BCUT2D eigenvalue weighted by Crippen LogP contribution is -2.58. The fourth-order valence-corrected chi connectivity index (χ4v) is 22.6. The second-order valence-corrected chi connectivity index (χ2v) is 46.2. The van der Waals surface area contributed by atoms with Crippen LogP contribution in [-0.4, -0.2) is 286 Å². The third-order valence-electron chi connectivity index (χ3n) is 17.9. The molecule has 1 fully saturated rings. The van der Waals surface area contributed by atoms with Gasteiger partial charge in [0.2, 0.25) is 17.7 Å². The van der Waals surface area contributed by atoms with Crippen LogP contribution in [0.2, 0.25) is 20.2 Å². The second-order valence-electron chi connectivity index (χ2n) is 36.5. The maximum atomic E-state index is 17.2. The number of hydrogen-bond donors (Lipinski definition) is 5. The summed E-state index contributed by atoms with van der Waals surface area (Å²) in [4.78, 5) is 139. The van der Waals surface area contributed by atoms with Gasteiger partial charge < -0.3 is 82.2 Å². The number of pyridine rings is 2. The van der Waals surface area contributed by atoms with Crippen LogP contribution >= 0.6 is 0 Å². The van der Waals surface area contributed by atoms with Crippen LogP contribution in [0.4, 0.5) is 19.9 Å². The molecule has 1 aliphatic rings. The van der Waals surface area contributed by atoms with Gasteiger partial charge in [-0.1, -0.05) is 83.1 Å². The molecule has 644 valence electrons. The zero-order chi connectivity index (χ0) is 85.9. The summed E-state index contributed by atoms with van der Waals surface area (Å²) in [6, 6.07) is 0.391. The lowest BCUT2D eigenvalue weighted by Gasteiger charge is -2.45. The third-order valence-corrected chi connectivity index (χ3v) is 28.4. The first kappa shape index (κ1) is 100. The van der Waals surface area contributed by atoms with Crippen molar-refractivity contribution in [2.45, 2.75) is 240 Å². The fraction of sp³-hybridized carbons (Fsp3) is 0.759. The summed E-state index contributed by atoms with van der Waals surface area (Å²) in [6.45, 7) is 43.7. The van der Waals surface area contributed by atoms with E-state index < -0.39 is 131 Å². The van der Waals surface area contributed by atoms with E-state index in [9.17, 15) is 43.2 Å². The summed E-state index contributed by atoms with van der Waals surface area (Å²) in [5, 5.41) is 11.4. The highest BCUT2D eigenvalue weighted by atomic mass is 28.4. The average molecular weight is 1640 g/mol. The molecule has 2 atom stereocenters. The summed E-state index contributed by atoms with van der Waals surface area (Å²) < 4.78 is 91.3. The molecule has 30 nitrogen and oxygen atoms in total. The van der Waals surface area contributed by atoms with Crippen LogP contribution in [0.15, 0.2) is 24.5 Å². The van der Waals surface area contributed by atoms with Crippen LogP contribution in [0.3, 0.4) is 0 Å². The van der Waals surface area contributed by atoms with Gasteiger partial charge in [0.1, 0.15) is 70.8 Å². The maximum Gasteiger partial charge on any atom is 0.323 e. The number of methoxy groups -OCH3 is 2. The average Bonchev–Trinajstić information content (AvgIpc) is 0.744. The van der Waals surface area contributed by atoms with Gasteiger partial charge in [-0.25, -0.2) is 9.97 Å². The first-order valence-corrected chi connectivity index (χ1v) is 42.7. The Morgan fingerprint density at radius 3 is 1.12 bits per heavy atom. The predicted octanol–water partition coefficient (Wildman–Crippen LogP) is 7.43. The van der Waals surface area contributed by atoms with Crippen LogP contribution in [-0.2, 0) is 81.0 Å². The third kappa shape index (κ3) is 35.2. The van der Waals surface area contributed by atoms with E-state index in [2.05, 4.69) is 36.6 Å². The van der Waals surface area contributed by atoms with Crippen molar-refractivity contribution in [3.8, 4) is 11.5 Å². The minimum absolute atomic E-state index is 0.00343. The van der Waals surface area contributed by atoms with Crippen molar-refractivity contribution >= 4 is 92.2 Å². The Kier molecular flexibility index (Phi) is 39.0. The van der Waals surface area contributed by atoms with Crippen molar-refractivity contribution in [1.29, 1.82) is 0 Å². The molecule has 3 heterocycles. The number of halogens is 2. The number of esters is 4. The highest BCUT2D eigenvalue weighted by Crippen LogP contribution is 2.54. The molecule has 5 amide bonds. The van der Waals surface area contributed by atoms with Crippen LogP contribution in [0.5, 0.6) is 11.5 Å². The van der Waals surface area contributed by atoms with E-state index in [4.69, 9.17) is 47.4 Å². The Morgan fingerprint density at radius 1 is 0.442 bits per heavy atom. The number of anilines is 2. The van der Waals surface area contributed by atoms with Gasteiger partial charge in [-0.3, -0.25) is 62.8 Å². The Morgan fingerprint density at radius 2 is 0.779 bits per heavy atom. The molecule has 1 unspecified atom stereocenters. The first-order valence-electron chi connectivity index (χ1n) is 38.9. The van der Waals surface area contributed by atoms with Gasteiger partial charge in [0.05, 0.1) is 79.9 Å². The van der Waals surface area contributed by atoms with Gasteiger partial charge in [-0.15, -0.1) is 0 Å². The number of aromatic nitrogens is 2. The molecule has 2 aromatic heterocycles. The van der Waals surface area contributed by atoms with Crippen LogP contribution in [0, 0.1) is 0 Å². The van der Waals surface area contributed by atoms with E-state index in [1.807, 2.05) is 103 Å². The molecule has 0 bridgehead atoms. The molecule has 2 aromatic rings. The van der Waals surface area contributed by atoms with Crippen LogP contribution < -0.4 is 46.4 Å². The fourth-order valence-electron chi connectivity index (χ4n) is 13.3. The normalized spacial score (nSPS) is 15.4. The van der Waals surface area contributed by atoms with Gasteiger partial charge in [-0.05, 0) is 110 Å². The zero-order valence-corrected chi connectivity index (χ0v) is 74.6. The molecule has 113 heavy (non-hydrogen) atoms. The van der Waals surface area contributed by atoms with Crippen molar-refractivity contribution in [3.63, 3.8) is 0 Å². The number of ether oxygens (including phenoxy) is 10. The summed E-state index contributed by atoms with van der Waals surface area (Å²) >= 11 is 0. The zero-order valence-electron chi connectivity index (χ0n) is 72.6. The molecule has 0 aliphatic carbocycles. The Balaban J connectivity index is 1.84. The van der Waals surface area contributed by atoms with Crippen molar-refractivity contribution in [3.05, 3.63) is 24.5 Å². The molecule has 34 heteroatoms. The lowest BCUT2D eigenvalue weighted by atomic mass is 10.1. The van der Waals surface area contributed by atoms with E-state index in [1.165, 1.54) is 38.7 Å². The summed E-state index contributed by atoms with van der Waals surface area (Å²) in [6.07, 6.45) is 1.79. The molecular formula is C79H137F2N11O19Si2. The van der Waals surface area contributed by atoms with E-state index >= 15 is 8.22 Å². The Labute approximate surface area is 672 Å². The van der Waals surface area contributed by atoms with Crippen molar-refractivity contribution in [2.75, 3.05) is 163 Å². The quantitative estimate of drug-likeness (QED) is 0.0144. The number of nitrogens with zero attached hydrogens (tertiary/aromatic N) is 6. The van der Waals surface area contributed by atoms with Crippen LogP contribution in [0.25, 0.3) is 0 Å². The number of rotatable bonds is 37. The molecular weight excluding hydrogens is 1500 g/mol. The minimum Gasteiger partial charge on any atom is -0.497 e. The largest absolute Gasteiger partial charge is 0.497 e. The number of carbonyl (C=O) groups excluding carboxylic acids is 9. The van der Waals surface area contributed by atoms with Gasteiger partial charge in [-0.2, -0.15) is 0 Å². The van der Waals surface area contributed by atoms with E-state index in [0.29, 0.717) is 10.4 Å². The second kappa shape index (κ2) is 43.9. The highest BCUT2D eigenvalue weighted by molar-refractivity contribution is 6.92. The Bertz CT molecular complexity index is 3360. The molecule has 1 saturated heterocycles. The minimum atomic E-state index is -3.76. The lowest BCUT2D eigenvalue weighted by molar-refractivity contribution is -0.163. The van der Waals surface area contributed by atoms with Crippen LogP contribution in [0.1, 0.15) is 185 Å². The summed E-state index contributed by atoms with van der Waals surface area (Å²) in [7, 11) is -4.64. The molecule has 3 rings (SSSR count). The van der Waals surface area contributed by atoms with Crippen molar-refractivity contribution < 1.29 is 98.7 Å². The van der Waals surface area contributed by atoms with E-state index in [0.717, 1.165) is 0 Å². The molecule has 0 spiro atoms. The Hall–Kier alpha value is -6.90. The maximum absolute atomic E-state index is 17.2. The number of amides is 5. The van der Waals surface area contributed by atoms with Gasteiger partial charge in [0, 0.05) is 107 Å². The summed E-state index contributed by atoms with van der Waals surface area (Å²) in [5.41, 5.74) is -3.38. The number of carbonyl (C=O) groups is 9. The molecule has 0 saturated carbocycles. The monoisotopic (exact) mass is 1640 g/mol. The standard InChI is InChI=1S/C79H137F2N11O19Si2/c1-72(2,3)108-67(97)50-89-31-33-90(51-68(98)109-73(4,5)6)35-37-92(38-36-91(34-32-89)52-69(99)110-74(7,8)9)56(71(101)111-75(10,11)12)27-28-63(93)86-55(70(100)83-30-40-105-42-44-107-54-66(96)88-62-47-58(103-26)60(49-85-62)113(81,78(19,20)21)79(22,23)24)45-64(94)82-29-39-104-41-43-106-53-65(95)87-61-46-57(102-25)59(48-84-61)112(80,76(13,14)15)77(16,17)18/h46-49,55-56H,27-45,50-54H2,1-26H3,(H,82,94)(H,83,100)(H,86,93)(H,84,87,95)(H,85,88,96)/t55-,56?/m0/s1. The highest BCUT2D eigenvalue weighted by Gasteiger charge is 2.60. The van der Waals surface area contributed by atoms with Gasteiger partial charge >= 0.3 is 23.9 Å². The topological polar surface area (TPSA) is 345 Å². The van der Waals surface area contributed by atoms with Crippen molar-refractivity contribution in [1.82, 2.24) is 45.5 Å². The molecule has 5 N–H and O–H groups in total. The predicted molar refractivity (Wildman–Crippen MR) is 434 cm³/mol. The molecule has 1 aliphatic heterocycles. The van der Waals surface area contributed by atoms with Crippen molar-refractivity contribution in [2.24, 2.45) is 0 Å². The summed E-state index contributed by atoms with van der Waals surface area (Å²) in [5.74, 6) is -4.45. The smallest absolute Gasteiger partial charge is 0.323 e. The van der Waals surface area contributed by atoms with E-state index in [-0.39, 0.29) is 174 Å².